The highest BCUT2D eigenvalue weighted by Crippen LogP contribution is 2.32. The summed E-state index contributed by atoms with van der Waals surface area (Å²) in [5, 5.41) is 7.09. The van der Waals surface area contributed by atoms with Crippen molar-refractivity contribution in [3.8, 4) is 11.5 Å². The van der Waals surface area contributed by atoms with Gasteiger partial charge in [-0.25, -0.2) is 4.98 Å². The van der Waals surface area contributed by atoms with Crippen LogP contribution in [0, 0.1) is 6.92 Å². The predicted octanol–water partition coefficient (Wildman–Crippen LogP) is 3.83. The number of methoxy groups -OCH3 is 1. The van der Waals surface area contributed by atoms with Gasteiger partial charge in [0.05, 0.1) is 17.4 Å². The fraction of sp³-hybridized carbons (Fsp3) is 0.158. The Labute approximate surface area is 164 Å². The van der Waals surface area contributed by atoms with Crippen molar-refractivity contribution in [3.63, 3.8) is 0 Å². The number of benzene rings is 2. The van der Waals surface area contributed by atoms with Crippen LogP contribution in [0.5, 0.6) is 11.5 Å². The van der Waals surface area contributed by atoms with Crippen LogP contribution in [0.1, 0.15) is 22.1 Å². The molecule has 2 heterocycles. The SMILES string of the molecule is COc1cccc2sc(NC(=O)c3ccccc3OCc3noc(C)n3)nc12. The van der Waals surface area contributed by atoms with E-state index in [-0.39, 0.29) is 12.5 Å². The maximum Gasteiger partial charge on any atom is 0.261 e. The van der Waals surface area contributed by atoms with E-state index in [0.29, 0.717) is 39.4 Å². The first-order valence-corrected chi connectivity index (χ1v) is 9.21. The fourth-order valence-corrected chi connectivity index (χ4v) is 3.51. The molecule has 1 N–H and O–H groups in total. The normalized spacial score (nSPS) is 10.8. The van der Waals surface area contributed by atoms with Crippen LogP contribution in [-0.4, -0.2) is 28.1 Å². The Kier molecular flexibility index (Phi) is 4.90. The zero-order valence-electron chi connectivity index (χ0n) is 15.1. The number of thiazole rings is 1. The molecule has 9 heteroatoms. The molecule has 0 saturated carbocycles. The molecule has 0 aliphatic heterocycles. The van der Waals surface area contributed by atoms with E-state index in [4.69, 9.17) is 14.0 Å². The monoisotopic (exact) mass is 396 g/mol. The van der Waals surface area contributed by atoms with Gasteiger partial charge in [-0.2, -0.15) is 4.98 Å². The molecule has 0 unspecified atom stereocenters. The molecule has 1 amide bonds. The van der Waals surface area contributed by atoms with Crippen LogP contribution in [0.3, 0.4) is 0 Å². The summed E-state index contributed by atoms with van der Waals surface area (Å²) < 4.78 is 16.9. The van der Waals surface area contributed by atoms with Crippen molar-refractivity contribution in [1.29, 1.82) is 0 Å². The van der Waals surface area contributed by atoms with Gasteiger partial charge in [0.2, 0.25) is 11.7 Å². The molecular formula is C19H16N4O4S. The molecule has 0 fully saturated rings. The molecule has 0 atom stereocenters. The topological polar surface area (TPSA) is 99.4 Å². The first kappa shape index (κ1) is 17.9. The van der Waals surface area contributed by atoms with E-state index in [1.165, 1.54) is 11.3 Å². The van der Waals surface area contributed by atoms with Gasteiger partial charge in [-0.1, -0.05) is 34.7 Å². The second-order valence-electron chi connectivity index (χ2n) is 5.79. The molecule has 142 valence electrons. The van der Waals surface area contributed by atoms with Crippen molar-refractivity contribution < 1.29 is 18.8 Å². The molecular weight excluding hydrogens is 380 g/mol. The molecule has 0 aliphatic rings. The van der Waals surface area contributed by atoms with Gasteiger partial charge in [0.1, 0.15) is 17.0 Å². The second kappa shape index (κ2) is 7.65. The lowest BCUT2D eigenvalue weighted by Crippen LogP contribution is -2.13. The average molecular weight is 396 g/mol. The molecule has 0 bridgehead atoms. The van der Waals surface area contributed by atoms with E-state index in [1.807, 2.05) is 18.2 Å². The van der Waals surface area contributed by atoms with E-state index < -0.39 is 0 Å². The summed E-state index contributed by atoms with van der Waals surface area (Å²) >= 11 is 1.37. The standard InChI is InChI=1S/C19H16N4O4S/c1-11-20-16(23-27-11)10-26-13-7-4-3-6-12(13)18(24)22-19-21-17-14(25-2)8-5-9-15(17)28-19/h3-9H,10H2,1-2H3,(H,21,22,24). The minimum atomic E-state index is -0.321. The summed E-state index contributed by atoms with van der Waals surface area (Å²) in [7, 11) is 1.59. The van der Waals surface area contributed by atoms with Crippen molar-refractivity contribution in [2.75, 3.05) is 12.4 Å². The minimum absolute atomic E-state index is 0.0972. The van der Waals surface area contributed by atoms with Gasteiger partial charge in [-0.05, 0) is 24.3 Å². The van der Waals surface area contributed by atoms with Gasteiger partial charge in [0.15, 0.2) is 11.7 Å². The van der Waals surface area contributed by atoms with E-state index >= 15 is 0 Å². The zero-order valence-corrected chi connectivity index (χ0v) is 15.9. The number of carbonyl (C=O) groups is 1. The summed E-state index contributed by atoms with van der Waals surface area (Å²) in [6.07, 6.45) is 0. The number of fused-ring (bicyclic) bond motifs is 1. The Hall–Kier alpha value is -3.46. The van der Waals surface area contributed by atoms with E-state index in [0.717, 1.165) is 4.70 Å². The van der Waals surface area contributed by atoms with E-state index in [2.05, 4.69) is 20.4 Å². The fourth-order valence-electron chi connectivity index (χ4n) is 2.63. The molecule has 8 nitrogen and oxygen atoms in total. The first-order valence-electron chi connectivity index (χ1n) is 8.40. The molecule has 28 heavy (non-hydrogen) atoms. The van der Waals surface area contributed by atoms with Crippen LogP contribution in [0.25, 0.3) is 10.2 Å². The summed E-state index contributed by atoms with van der Waals surface area (Å²) in [4.78, 5) is 21.3. The Bertz CT molecular complexity index is 1140. The van der Waals surface area contributed by atoms with Crippen LogP contribution in [0.15, 0.2) is 47.0 Å². The highest BCUT2D eigenvalue weighted by Gasteiger charge is 2.16. The van der Waals surface area contributed by atoms with Crippen molar-refractivity contribution in [3.05, 3.63) is 59.7 Å². The van der Waals surface area contributed by atoms with Gasteiger partial charge < -0.3 is 14.0 Å². The van der Waals surface area contributed by atoms with Gasteiger partial charge in [-0.15, -0.1) is 0 Å². The van der Waals surface area contributed by atoms with Gasteiger partial charge >= 0.3 is 0 Å². The van der Waals surface area contributed by atoms with Gasteiger partial charge in [0, 0.05) is 6.92 Å². The molecule has 0 radical (unpaired) electrons. The number of aromatic nitrogens is 3. The first-order chi connectivity index (χ1) is 13.6. The van der Waals surface area contributed by atoms with E-state index in [9.17, 15) is 4.79 Å². The number of hydrogen-bond acceptors (Lipinski definition) is 8. The lowest BCUT2D eigenvalue weighted by atomic mass is 10.2. The van der Waals surface area contributed by atoms with E-state index in [1.54, 1.807) is 38.3 Å². The number of aryl methyl sites for hydroxylation is 1. The highest BCUT2D eigenvalue weighted by molar-refractivity contribution is 7.22. The quantitative estimate of drug-likeness (QED) is 0.529. The number of carbonyl (C=O) groups excluding carboxylic acids is 1. The Balaban J connectivity index is 1.53. The maximum atomic E-state index is 12.8. The Morgan fingerprint density at radius 3 is 2.75 bits per heavy atom. The third-order valence-corrected chi connectivity index (χ3v) is 4.82. The van der Waals surface area contributed by atoms with Crippen LogP contribution in [-0.2, 0) is 6.61 Å². The molecule has 4 aromatic rings. The third-order valence-electron chi connectivity index (χ3n) is 3.88. The minimum Gasteiger partial charge on any atom is -0.494 e. The number of rotatable bonds is 6. The number of nitrogens with zero attached hydrogens (tertiary/aromatic N) is 3. The summed E-state index contributed by atoms with van der Waals surface area (Å²) in [5.41, 5.74) is 1.09. The van der Waals surface area contributed by atoms with Crippen molar-refractivity contribution in [1.82, 2.24) is 15.1 Å². The largest absolute Gasteiger partial charge is 0.494 e. The predicted molar refractivity (Wildman–Crippen MR) is 104 cm³/mol. The van der Waals surface area contributed by atoms with Crippen LogP contribution >= 0.6 is 11.3 Å². The third kappa shape index (κ3) is 3.65. The number of nitrogens with one attached hydrogen (secondary N) is 1. The number of hydrogen-bond donors (Lipinski definition) is 1. The molecule has 2 aromatic carbocycles. The summed E-state index contributed by atoms with van der Waals surface area (Å²) in [5.74, 6) is 1.62. The maximum absolute atomic E-state index is 12.8. The summed E-state index contributed by atoms with van der Waals surface area (Å²) in [6, 6.07) is 12.6. The van der Waals surface area contributed by atoms with Crippen molar-refractivity contribution in [2.45, 2.75) is 13.5 Å². The number of anilines is 1. The number of para-hydroxylation sites is 2. The number of amides is 1. The van der Waals surface area contributed by atoms with Gasteiger partial charge in [0.25, 0.3) is 5.91 Å². The molecule has 4 rings (SSSR count). The van der Waals surface area contributed by atoms with Crippen LogP contribution < -0.4 is 14.8 Å². The lowest BCUT2D eigenvalue weighted by molar-refractivity contribution is 0.102. The van der Waals surface area contributed by atoms with Crippen LogP contribution in [0.4, 0.5) is 5.13 Å². The van der Waals surface area contributed by atoms with Gasteiger partial charge in [-0.3, -0.25) is 10.1 Å². The molecule has 0 aliphatic carbocycles. The second-order valence-corrected chi connectivity index (χ2v) is 6.83. The molecule has 0 spiro atoms. The molecule has 2 aromatic heterocycles. The Morgan fingerprint density at radius 1 is 1.14 bits per heavy atom. The number of ether oxygens (including phenoxy) is 2. The van der Waals surface area contributed by atoms with Crippen LogP contribution in [0.2, 0.25) is 0 Å². The van der Waals surface area contributed by atoms with Crippen molar-refractivity contribution >= 4 is 32.6 Å². The molecule has 0 saturated heterocycles. The lowest BCUT2D eigenvalue weighted by Gasteiger charge is -2.09. The zero-order chi connectivity index (χ0) is 19.5. The average Bonchev–Trinajstić information content (AvgIpc) is 3.31. The smallest absolute Gasteiger partial charge is 0.261 e. The van der Waals surface area contributed by atoms with Crippen molar-refractivity contribution in [2.24, 2.45) is 0 Å². The summed E-state index contributed by atoms with van der Waals surface area (Å²) in [6.45, 7) is 1.80. The highest BCUT2D eigenvalue weighted by atomic mass is 32.1. The Morgan fingerprint density at radius 2 is 1.96 bits per heavy atom.